The Morgan fingerprint density at radius 2 is 2.20 bits per heavy atom. The Labute approximate surface area is 90.9 Å². The van der Waals surface area contributed by atoms with Gasteiger partial charge in [0.15, 0.2) is 0 Å². The summed E-state index contributed by atoms with van der Waals surface area (Å²) in [6.07, 6.45) is 3.78. The highest BCUT2D eigenvalue weighted by molar-refractivity contribution is 5.89. The molecule has 0 bridgehead atoms. The largest absolute Gasteiger partial charge is 0.311 e. The lowest BCUT2D eigenvalue weighted by atomic mass is 10.2. The SMILES string of the molecule is CCCCCC(=O)Nc1cccc(C)n1. The van der Waals surface area contributed by atoms with Gasteiger partial charge in [0.2, 0.25) is 5.91 Å². The van der Waals surface area contributed by atoms with E-state index in [1.807, 2.05) is 25.1 Å². The van der Waals surface area contributed by atoms with Crippen LogP contribution in [0.1, 0.15) is 38.3 Å². The zero-order valence-electron chi connectivity index (χ0n) is 9.42. The average Bonchev–Trinajstić information content (AvgIpc) is 2.18. The van der Waals surface area contributed by atoms with Crippen molar-refractivity contribution in [1.82, 2.24) is 4.98 Å². The van der Waals surface area contributed by atoms with E-state index in [1.54, 1.807) is 0 Å². The highest BCUT2D eigenvalue weighted by Crippen LogP contribution is 2.06. The van der Waals surface area contributed by atoms with Crippen molar-refractivity contribution < 1.29 is 4.79 Å². The molecule has 0 aromatic carbocycles. The third-order valence-corrected chi connectivity index (χ3v) is 2.16. The van der Waals surface area contributed by atoms with E-state index in [2.05, 4.69) is 17.2 Å². The lowest BCUT2D eigenvalue weighted by molar-refractivity contribution is -0.116. The molecule has 3 nitrogen and oxygen atoms in total. The average molecular weight is 206 g/mol. The number of anilines is 1. The molecule has 1 rings (SSSR count). The van der Waals surface area contributed by atoms with Gasteiger partial charge in [-0.2, -0.15) is 0 Å². The van der Waals surface area contributed by atoms with Gasteiger partial charge >= 0.3 is 0 Å². The van der Waals surface area contributed by atoms with Gasteiger partial charge in [-0.1, -0.05) is 25.8 Å². The molecule has 1 amide bonds. The summed E-state index contributed by atoms with van der Waals surface area (Å²) in [5.74, 6) is 0.707. The van der Waals surface area contributed by atoms with Gasteiger partial charge in [-0.15, -0.1) is 0 Å². The van der Waals surface area contributed by atoms with Crippen molar-refractivity contribution in [2.75, 3.05) is 5.32 Å². The third-order valence-electron chi connectivity index (χ3n) is 2.16. The van der Waals surface area contributed by atoms with Crippen LogP contribution in [0.5, 0.6) is 0 Å². The minimum absolute atomic E-state index is 0.0570. The molecule has 1 aromatic rings. The smallest absolute Gasteiger partial charge is 0.225 e. The number of aromatic nitrogens is 1. The van der Waals surface area contributed by atoms with E-state index in [0.29, 0.717) is 12.2 Å². The van der Waals surface area contributed by atoms with E-state index in [9.17, 15) is 4.79 Å². The Kier molecular flexibility index (Phi) is 4.81. The number of aryl methyl sites for hydroxylation is 1. The molecule has 0 aliphatic heterocycles. The molecule has 15 heavy (non-hydrogen) atoms. The van der Waals surface area contributed by atoms with Crippen molar-refractivity contribution in [3.8, 4) is 0 Å². The minimum Gasteiger partial charge on any atom is -0.311 e. The van der Waals surface area contributed by atoms with Crippen LogP contribution >= 0.6 is 0 Å². The molecule has 1 heterocycles. The Morgan fingerprint density at radius 1 is 1.40 bits per heavy atom. The summed E-state index contributed by atoms with van der Waals surface area (Å²) in [4.78, 5) is 15.7. The first-order chi connectivity index (χ1) is 7.22. The molecule has 0 saturated carbocycles. The summed E-state index contributed by atoms with van der Waals surface area (Å²) in [6.45, 7) is 4.03. The van der Waals surface area contributed by atoms with E-state index in [-0.39, 0.29) is 5.91 Å². The Bertz CT molecular complexity index is 323. The monoisotopic (exact) mass is 206 g/mol. The summed E-state index contributed by atoms with van der Waals surface area (Å²) in [7, 11) is 0. The Balaban J connectivity index is 2.37. The van der Waals surface area contributed by atoms with Crippen LogP contribution in [0.3, 0.4) is 0 Å². The molecule has 0 aliphatic rings. The van der Waals surface area contributed by atoms with Crippen molar-refractivity contribution in [3.05, 3.63) is 23.9 Å². The van der Waals surface area contributed by atoms with Gasteiger partial charge < -0.3 is 5.32 Å². The molecule has 1 aromatic heterocycles. The number of nitrogens with one attached hydrogen (secondary N) is 1. The van der Waals surface area contributed by atoms with Gasteiger partial charge in [0.05, 0.1) is 0 Å². The standard InChI is InChI=1S/C12H18N2O/c1-3-4-5-9-12(15)14-11-8-6-7-10(2)13-11/h6-8H,3-5,9H2,1-2H3,(H,13,14,15). The van der Waals surface area contributed by atoms with Gasteiger partial charge in [0, 0.05) is 12.1 Å². The van der Waals surface area contributed by atoms with E-state index >= 15 is 0 Å². The first kappa shape index (κ1) is 11.7. The quantitative estimate of drug-likeness (QED) is 0.753. The van der Waals surface area contributed by atoms with Crippen molar-refractivity contribution in [2.24, 2.45) is 0 Å². The molecule has 0 atom stereocenters. The number of hydrogen-bond acceptors (Lipinski definition) is 2. The second kappa shape index (κ2) is 6.17. The molecule has 0 saturated heterocycles. The van der Waals surface area contributed by atoms with Gasteiger partial charge in [-0.25, -0.2) is 4.98 Å². The van der Waals surface area contributed by atoms with Gasteiger partial charge in [0.1, 0.15) is 5.82 Å². The molecule has 0 aliphatic carbocycles. The summed E-state index contributed by atoms with van der Waals surface area (Å²) in [5.41, 5.74) is 0.918. The first-order valence-electron chi connectivity index (χ1n) is 5.46. The van der Waals surface area contributed by atoms with Crippen molar-refractivity contribution in [3.63, 3.8) is 0 Å². The van der Waals surface area contributed by atoms with E-state index in [0.717, 1.165) is 25.0 Å². The van der Waals surface area contributed by atoms with Crippen molar-refractivity contribution in [1.29, 1.82) is 0 Å². The Hall–Kier alpha value is -1.38. The van der Waals surface area contributed by atoms with Crippen LogP contribution in [0.2, 0.25) is 0 Å². The lowest BCUT2D eigenvalue weighted by Gasteiger charge is -2.04. The van der Waals surface area contributed by atoms with Crippen LogP contribution in [0.15, 0.2) is 18.2 Å². The molecular formula is C12H18N2O. The van der Waals surface area contributed by atoms with Crippen LogP contribution in [0.25, 0.3) is 0 Å². The van der Waals surface area contributed by atoms with Gasteiger partial charge in [0.25, 0.3) is 0 Å². The molecule has 1 N–H and O–H groups in total. The Morgan fingerprint density at radius 3 is 2.87 bits per heavy atom. The predicted molar refractivity (Wildman–Crippen MR) is 61.7 cm³/mol. The number of carbonyl (C=O) groups excluding carboxylic acids is 1. The van der Waals surface area contributed by atoms with Crippen molar-refractivity contribution >= 4 is 11.7 Å². The van der Waals surface area contributed by atoms with Crippen LogP contribution in [0, 0.1) is 6.92 Å². The molecule has 3 heteroatoms. The van der Waals surface area contributed by atoms with Crippen LogP contribution in [-0.2, 0) is 4.79 Å². The highest BCUT2D eigenvalue weighted by Gasteiger charge is 2.02. The van der Waals surface area contributed by atoms with Crippen LogP contribution in [-0.4, -0.2) is 10.9 Å². The number of amides is 1. The lowest BCUT2D eigenvalue weighted by Crippen LogP contribution is -2.12. The number of pyridine rings is 1. The molecular weight excluding hydrogens is 188 g/mol. The highest BCUT2D eigenvalue weighted by atomic mass is 16.1. The normalized spacial score (nSPS) is 10.0. The first-order valence-corrected chi connectivity index (χ1v) is 5.46. The summed E-state index contributed by atoms with van der Waals surface area (Å²) < 4.78 is 0. The number of carbonyl (C=O) groups is 1. The fraction of sp³-hybridized carbons (Fsp3) is 0.500. The third kappa shape index (κ3) is 4.58. The zero-order valence-corrected chi connectivity index (χ0v) is 9.42. The molecule has 0 spiro atoms. The minimum atomic E-state index is 0.0570. The summed E-state index contributed by atoms with van der Waals surface area (Å²) in [6, 6.07) is 5.61. The number of rotatable bonds is 5. The second-order valence-electron chi connectivity index (χ2n) is 3.67. The molecule has 0 fully saturated rings. The van der Waals surface area contributed by atoms with E-state index in [4.69, 9.17) is 0 Å². The fourth-order valence-electron chi connectivity index (χ4n) is 1.35. The summed E-state index contributed by atoms with van der Waals surface area (Å²) >= 11 is 0. The second-order valence-corrected chi connectivity index (χ2v) is 3.67. The van der Waals surface area contributed by atoms with Crippen LogP contribution < -0.4 is 5.32 Å². The number of nitrogens with zero attached hydrogens (tertiary/aromatic N) is 1. The topological polar surface area (TPSA) is 42.0 Å². The summed E-state index contributed by atoms with van der Waals surface area (Å²) in [5, 5.41) is 2.79. The number of unbranched alkanes of at least 4 members (excludes halogenated alkanes) is 2. The zero-order chi connectivity index (χ0) is 11.1. The van der Waals surface area contributed by atoms with Crippen LogP contribution in [0.4, 0.5) is 5.82 Å². The van der Waals surface area contributed by atoms with Crippen molar-refractivity contribution in [2.45, 2.75) is 39.5 Å². The molecule has 0 unspecified atom stereocenters. The van der Waals surface area contributed by atoms with Gasteiger partial charge in [-0.05, 0) is 25.5 Å². The van der Waals surface area contributed by atoms with E-state index < -0.39 is 0 Å². The molecule has 0 radical (unpaired) electrons. The predicted octanol–water partition coefficient (Wildman–Crippen LogP) is 2.91. The molecule has 82 valence electrons. The maximum atomic E-state index is 11.4. The maximum Gasteiger partial charge on any atom is 0.225 e. The fourth-order valence-corrected chi connectivity index (χ4v) is 1.35. The number of hydrogen-bond donors (Lipinski definition) is 1. The van der Waals surface area contributed by atoms with Gasteiger partial charge in [-0.3, -0.25) is 4.79 Å². The maximum absolute atomic E-state index is 11.4. The van der Waals surface area contributed by atoms with E-state index in [1.165, 1.54) is 0 Å².